The number of nitrogens with one attached hydrogen (secondary N) is 2. The highest BCUT2D eigenvalue weighted by molar-refractivity contribution is 7.99. The van der Waals surface area contributed by atoms with Crippen molar-refractivity contribution < 1.29 is 14.8 Å². The molecule has 0 atom stereocenters. The molecule has 0 spiro atoms. The maximum atomic E-state index is 11.8. The summed E-state index contributed by atoms with van der Waals surface area (Å²) in [5.41, 5.74) is -0.665. The first-order valence-electron chi connectivity index (χ1n) is 6.02. The van der Waals surface area contributed by atoms with Crippen LogP contribution in [0.2, 0.25) is 5.02 Å². The Hall–Kier alpha value is -2.59. The molecule has 3 N–H and O–H groups in total. The summed E-state index contributed by atoms with van der Waals surface area (Å²) in [5, 5.41) is 22.5. The van der Waals surface area contributed by atoms with Crippen LogP contribution in [-0.2, 0) is 4.79 Å². The molecule has 2 aromatic rings. The number of nitro benzene ring substituents is 1. The minimum atomic E-state index is -0.609. The third-order valence-electron chi connectivity index (χ3n) is 2.48. The number of benzene rings is 1. The van der Waals surface area contributed by atoms with Crippen molar-refractivity contribution >= 4 is 40.6 Å². The number of amides is 1. The number of thioether (sulfide) groups is 1. The van der Waals surface area contributed by atoms with Gasteiger partial charge in [-0.2, -0.15) is 4.98 Å². The van der Waals surface area contributed by atoms with E-state index in [1.165, 1.54) is 12.1 Å². The number of hydrogen-bond acceptors (Lipinski definition) is 7. The third-order valence-corrected chi connectivity index (χ3v) is 3.68. The zero-order valence-electron chi connectivity index (χ0n) is 11.3. The van der Waals surface area contributed by atoms with Crippen LogP contribution in [0.15, 0.2) is 34.2 Å². The van der Waals surface area contributed by atoms with Crippen LogP contribution in [0.1, 0.15) is 0 Å². The van der Waals surface area contributed by atoms with E-state index in [-0.39, 0.29) is 27.3 Å². The summed E-state index contributed by atoms with van der Waals surface area (Å²) in [7, 11) is 0. The number of H-pyrrole nitrogens is 1. The topological polar surface area (TPSA) is 138 Å². The number of aromatic hydroxyl groups is 1. The summed E-state index contributed by atoms with van der Waals surface area (Å²) in [6.07, 6.45) is 0. The number of anilines is 1. The second-order valence-electron chi connectivity index (χ2n) is 4.17. The Bertz CT molecular complexity index is 825. The first-order valence-corrected chi connectivity index (χ1v) is 7.38. The van der Waals surface area contributed by atoms with Gasteiger partial charge >= 0.3 is 0 Å². The molecule has 11 heteroatoms. The van der Waals surface area contributed by atoms with E-state index in [1.807, 2.05) is 0 Å². The summed E-state index contributed by atoms with van der Waals surface area (Å²) in [5.74, 6) is -1.12. The number of rotatable bonds is 5. The lowest BCUT2D eigenvalue weighted by Crippen LogP contribution is -2.15. The quantitative estimate of drug-likeness (QED) is 0.321. The number of carbonyl (C=O) groups excluding carboxylic acids is 1. The molecule has 1 amide bonds. The Morgan fingerprint density at radius 2 is 2.22 bits per heavy atom. The first-order chi connectivity index (χ1) is 10.8. The minimum absolute atomic E-state index is 0.0651. The summed E-state index contributed by atoms with van der Waals surface area (Å²) in [6.45, 7) is 0. The fraction of sp³-hybridized carbons (Fsp3) is 0.0833. The van der Waals surface area contributed by atoms with E-state index >= 15 is 0 Å². The molecule has 0 saturated heterocycles. The lowest BCUT2D eigenvalue weighted by Gasteiger charge is -2.06. The van der Waals surface area contributed by atoms with Gasteiger partial charge in [0.15, 0.2) is 5.16 Å². The third kappa shape index (κ3) is 4.69. The highest BCUT2D eigenvalue weighted by Gasteiger charge is 2.13. The second kappa shape index (κ2) is 7.11. The Labute approximate surface area is 137 Å². The molecule has 0 fully saturated rings. The van der Waals surface area contributed by atoms with Gasteiger partial charge in [-0.25, -0.2) is 0 Å². The van der Waals surface area contributed by atoms with Gasteiger partial charge < -0.3 is 15.4 Å². The molecular weight excluding hydrogens is 348 g/mol. The van der Waals surface area contributed by atoms with Gasteiger partial charge in [0, 0.05) is 12.1 Å². The molecule has 0 aliphatic heterocycles. The smallest absolute Gasteiger partial charge is 0.271 e. The number of non-ortho nitro benzene ring substituents is 1. The molecule has 0 aliphatic carbocycles. The van der Waals surface area contributed by atoms with Crippen LogP contribution in [0.4, 0.5) is 11.4 Å². The van der Waals surface area contributed by atoms with Gasteiger partial charge in [-0.1, -0.05) is 23.4 Å². The molecule has 0 unspecified atom stereocenters. The highest BCUT2D eigenvalue weighted by Crippen LogP contribution is 2.27. The normalized spacial score (nSPS) is 10.3. The van der Waals surface area contributed by atoms with Crippen molar-refractivity contribution in [3.63, 3.8) is 0 Å². The monoisotopic (exact) mass is 356 g/mol. The van der Waals surface area contributed by atoms with Gasteiger partial charge in [0.05, 0.1) is 27.5 Å². The van der Waals surface area contributed by atoms with Crippen molar-refractivity contribution in [3.05, 3.63) is 49.8 Å². The zero-order chi connectivity index (χ0) is 17.0. The van der Waals surface area contributed by atoms with Gasteiger partial charge in [-0.15, -0.1) is 0 Å². The number of halogens is 1. The van der Waals surface area contributed by atoms with Gasteiger partial charge in [0.25, 0.3) is 11.2 Å². The van der Waals surface area contributed by atoms with E-state index in [9.17, 15) is 24.8 Å². The van der Waals surface area contributed by atoms with E-state index in [1.54, 1.807) is 0 Å². The summed E-state index contributed by atoms with van der Waals surface area (Å²) in [4.78, 5) is 39.1. The largest absolute Gasteiger partial charge is 0.493 e. The maximum Gasteiger partial charge on any atom is 0.271 e. The molecule has 1 aromatic carbocycles. The molecular formula is C12H9ClN4O5S. The van der Waals surface area contributed by atoms with Crippen LogP contribution in [0.5, 0.6) is 5.88 Å². The van der Waals surface area contributed by atoms with Crippen LogP contribution >= 0.6 is 23.4 Å². The number of carbonyl (C=O) groups is 1. The van der Waals surface area contributed by atoms with Crippen LogP contribution in [-0.4, -0.2) is 31.7 Å². The van der Waals surface area contributed by atoms with Crippen molar-refractivity contribution in [2.45, 2.75) is 5.16 Å². The van der Waals surface area contributed by atoms with Crippen LogP contribution in [0, 0.1) is 10.1 Å². The Balaban J connectivity index is 2.03. The predicted molar refractivity (Wildman–Crippen MR) is 84.0 cm³/mol. The average Bonchev–Trinajstić information content (AvgIpc) is 2.46. The lowest BCUT2D eigenvalue weighted by atomic mass is 10.3. The summed E-state index contributed by atoms with van der Waals surface area (Å²) >= 11 is 6.74. The van der Waals surface area contributed by atoms with Crippen LogP contribution in [0.25, 0.3) is 0 Å². The van der Waals surface area contributed by atoms with Crippen molar-refractivity contribution in [1.82, 2.24) is 9.97 Å². The predicted octanol–water partition coefficient (Wildman–Crippen LogP) is 1.77. The van der Waals surface area contributed by atoms with Gasteiger partial charge in [0.1, 0.15) is 0 Å². The Morgan fingerprint density at radius 1 is 1.48 bits per heavy atom. The molecule has 1 aromatic heterocycles. The lowest BCUT2D eigenvalue weighted by molar-refractivity contribution is -0.384. The first kappa shape index (κ1) is 16.8. The minimum Gasteiger partial charge on any atom is -0.493 e. The number of aromatic nitrogens is 2. The Morgan fingerprint density at radius 3 is 2.87 bits per heavy atom. The number of hydrogen-bond donors (Lipinski definition) is 3. The number of nitrogens with zero attached hydrogens (tertiary/aromatic N) is 2. The van der Waals surface area contributed by atoms with Gasteiger partial charge in [0.2, 0.25) is 11.8 Å². The molecule has 2 rings (SSSR count). The molecule has 120 valence electrons. The summed E-state index contributed by atoms with van der Waals surface area (Å²) < 4.78 is 0. The van der Waals surface area contributed by atoms with E-state index in [0.29, 0.717) is 0 Å². The second-order valence-corrected chi connectivity index (χ2v) is 5.54. The highest BCUT2D eigenvalue weighted by atomic mass is 35.5. The van der Waals surface area contributed by atoms with E-state index in [0.717, 1.165) is 23.9 Å². The molecule has 0 bridgehead atoms. The Kier molecular flexibility index (Phi) is 5.19. The van der Waals surface area contributed by atoms with Gasteiger partial charge in [-0.05, 0) is 6.07 Å². The molecule has 0 aliphatic rings. The SMILES string of the molecule is O=C(CSc1nc(O)cc(=O)[nH]1)Nc1cc([N+](=O)[O-])ccc1Cl. The maximum absolute atomic E-state index is 11.8. The molecule has 0 radical (unpaired) electrons. The zero-order valence-corrected chi connectivity index (χ0v) is 12.8. The number of nitro groups is 1. The van der Waals surface area contributed by atoms with E-state index < -0.39 is 22.3 Å². The molecule has 1 heterocycles. The fourth-order valence-corrected chi connectivity index (χ4v) is 2.37. The average molecular weight is 357 g/mol. The number of aromatic amines is 1. The van der Waals surface area contributed by atoms with Crippen molar-refractivity contribution in [3.8, 4) is 5.88 Å². The van der Waals surface area contributed by atoms with Crippen LogP contribution in [0.3, 0.4) is 0 Å². The summed E-state index contributed by atoms with van der Waals surface area (Å²) in [6, 6.07) is 4.55. The van der Waals surface area contributed by atoms with E-state index in [2.05, 4.69) is 15.3 Å². The van der Waals surface area contributed by atoms with E-state index in [4.69, 9.17) is 11.6 Å². The van der Waals surface area contributed by atoms with Crippen molar-refractivity contribution in [2.24, 2.45) is 0 Å². The fourth-order valence-electron chi connectivity index (χ4n) is 1.53. The molecule has 23 heavy (non-hydrogen) atoms. The van der Waals surface area contributed by atoms with Crippen molar-refractivity contribution in [1.29, 1.82) is 0 Å². The van der Waals surface area contributed by atoms with Gasteiger partial charge in [-0.3, -0.25) is 19.7 Å². The van der Waals surface area contributed by atoms with Crippen molar-refractivity contribution in [2.75, 3.05) is 11.1 Å². The molecule has 0 saturated carbocycles. The molecule has 9 nitrogen and oxygen atoms in total. The standard InChI is InChI=1S/C12H9ClN4O5S/c13-7-2-1-6(17(21)22)3-8(7)14-11(20)5-23-12-15-9(18)4-10(19)16-12/h1-4H,5H2,(H,14,20)(H2,15,16,18,19). The van der Waals surface area contributed by atoms with Crippen LogP contribution < -0.4 is 10.9 Å².